The van der Waals surface area contributed by atoms with Crippen molar-refractivity contribution in [1.82, 2.24) is 5.32 Å². The highest BCUT2D eigenvalue weighted by Gasteiger charge is 2.25. The predicted molar refractivity (Wildman–Crippen MR) is 83.6 cm³/mol. The number of benzene rings is 1. The van der Waals surface area contributed by atoms with Gasteiger partial charge in [0, 0.05) is 36.4 Å². The maximum absolute atomic E-state index is 14.2. The first kappa shape index (κ1) is 15.3. The van der Waals surface area contributed by atoms with E-state index in [1.165, 1.54) is 12.8 Å². The molecule has 2 nitrogen and oxygen atoms in total. The SMILES string of the molecule is CC1CCC(C)N(c2cccc(F)c2CNC(C)C)C1. The summed E-state index contributed by atoms with van der Waals surface area (Å²) in [5.74, 6) is 0.585. The van der Waals surface area contributed by atoms with E-state index < -0.39 is 0 Å². The van der Waals surface area contributed by atoms with Crippen LogP contribution in [0.5, 0.6) is 0 Å². The van der Waals surface area contributed by atoms with Gasteiger partial charge in [-0.1, -0.05) is 26.8 Å². The summed E-state index contributed by atoms with van der Waals surface area (Å²) in [6.45, 7) is 10.3. The molecular weight excluding hydrogens is 251 g/mol. The molecule has 0 spiro atoms. The van der Waals surface area contributed by atoms with Gasteiger partial charge < -0.3 is 10.2 Å². The highest BCUT2D eigenvalue weighted by Crippen LogP contribution is 2.31. The molecule has 1 saturated heterocycles. The molecule has 1 aliphatic heterocycles. The molecule has 0 bridgehead atoms. The third-order valence-corrected chi connectivity index (χ3v) is 4.21. The van der Waals surface area contributed by atoms with E-state index >= 15 is 0 Å². The van der Waals surface area contributed by atoms with Gasteiger partial charge in [0.25, 0.3) is 0 Å². The van der Waals surface area contributed by atoms with Crippen LogP contribution in [-0.4, -0.2) is 18.6 Å². The molecule has 0 radical (unpaired) electrons. The van der Waals surface area contributed by atoms with Gasteiger partial charge in [-0.3, -0.25) is 0 Å². The van der Waals surface area contributed by atoms with Crippen molar-refractivity contribution in [2.24, 2.45) is 5.92 Å². The second-order valence-electron chi connectivity index (χ2n) is 6.46. The molecule has 0 saturated carbocycles. The molecule has 112 valence electrons. The number of halogens is 1. The lowest BCUT2D eigenvalue weighted by atomic mass is 9.93. The molecule has 1 aromatic rings. The molecule has 0 aliphatic carbocycles. The van der Waals surface area contributed by atoms with Crippen LogP contribution >= 0.6 is 0 Å². The second kappa shape index (κ2) is 6.57. The number of rotatable bonds is 4. The van der Waals surface area contributed by atoms with E-state index in [2.05, 4.69) is 44.0 Å². The fourth-order valence-corrected chi connectivity index (χ4v) is 2.92. The fraction of sp³-hybridized carbons (Fsp3) is 0.647. The van der Waals surface area contributed by atoms with Gasteiger partial charge in [0.15, 0.2) is 0 Å². The van der Waals surface area contributed by atoms with E-state index in [1.54, 1.807) is 6.07 Å². The smallest absolute Gasteiger partial charge is 0.129 e. The van der Waals surface area contributed by atoms with Gasteiger partial charge in [-0.15, -0.1) is 0 Å². The van der Waals surface area contributed by atoms with Crippen LogP contribution in [-0.2, 0) is 6.54 Å². The Morgan fingerprint density at radius 3 is 2.75 bits per heavy atom. The Balaban J connectivity index is 2.27. The predicted octanol–water partition coefficient (Wildman–Crippen LogP) is 3.95. The van der Waals surface area contributed by atoms with Crippen LogP contribution in [0.3, 0.4) is 0 Å². The van der Waals surface area contributed by atoms with E-state index in [9.17, 15) is 4.39 Å². The molecule has 1 aliphatic rings. The van der Waals surface area contributed by atoms with Crippen LogP contribution in [0.1, 0.15) is 46.1 Å². The lowest BCUT2D eigenvalue weighted by Gasteiger charge is -2.39. The highest BCUT2D eigenvalue weighted by atomic mass is 19.1. The first-order valence-electron chi connectivity index (χ1n) is 7.76. The summed E-state index contributed by atoms with van der Waals surface area (Å²) >= 11 is 0. The molecule has 1 fully saturated rings. The van der Waals surface area contributed by atoms with Gasteiger partial charge in [-0.25, -0.2) is 4.39 Å². The average Bonchev–Trinajstić information content (AvgIpc) is 2.40. The number of anilines is 1. The van der Waals surface area contributed by atoms with Crippen molar-refractivity contribution < 1.29 is 4.39 Å². The molecule has 2 unspecified atom stereocenters. The van der Waals surface area contributed by atoms with Gasteiger partial charge in [-0.2, -0.15) is 0 Å². The Morgan fingerprint density at radius 1 is 1.30 bits per heavy atom. The zero-order valence-corrected chi connectivity index (χ0v) is 13.1. The average molecular weight is 278 g/mol. The van der Waals surface area contributed by atoms with Crippen molar-refractivity contribution in [3.63, 3.8) is 0 Å². The zero-order chi connectivity index (χ0) is 14.7. The molecule has 0 amide bonds. The number of piperidine rings is 1. The summed E-state index contributed by atoms with van der Waals surface area (Å²) in [4.78, 5) is 2.38. The minimum atomic E-state index is -0.0962. The van der Waals surface area contributed by atoms with E-state index in [4.69, 9.17) is 0 Å². The van der Waals surface area contributed by atoms with E-state index in [0.717, 1.165) is 17.8 Å². The topological polar surface area (TPSA) is 15.3 Å². The molecule has 3 heteroatoms. The van der Waals surface area contributed by atoms with Crippen molar-refractivity contribution >= 4 is 5.69 Å². The van der Waals surface area contributed by atoms with Crippen LogP contribution in [0.15, 0.2) is 18.2 Å². The second-order valence-corrected chi connectivity index (χ2v) is 6.46. The summed E-state index contributed by atoms with van der Waals surface area (Å²) in [7, 11) is 0. The number of nitrogens with one attached hydrogen (secondary N) is 1. The van der Waals surface area contributed by atoms with Crippen molar-refractivity contribution in [2.45, 2.75) is 59.2 Å². The summed E-state index contributed by atoms with van der Waals surface area (Å²) in [6, 6.07) is 6.31. The molecular formula is C17H27FN2. The zero-order valence-electron chi connectivity index (χ0n) is 13.1. The number of hydrogen-bond donors (Lipinski definition) is 1. The van der Waals surface area contributed by atoms with E-state index in [1.807, 2.05) is 6.07 Å². The number of nitrogens with zero attached hydrogens (tertiary/aromatic N) is 1. The van der Waals surface area contributed by atoms with Gasteiger partial charge in [-0.05, 0) is 37.8 Å². The Hall–Kier alpha value is -1.09. The Kier molecular flexibility index (Phi) is 5.03. The molecule has 20 heavy (non-hydrogen) atoms. The van der Waals surface area contributed by atoms with E-state index in [0.29, 0.717) is 24.5 Å². The lowest BCUT2D eigenvalue weighted by Crippen LogP contribution is -2.42. The Bertz CT molecular complexity index is 445. The summed E-state index contributed by atoms with van der Waals surface area (Å²) in [5, 5.41) is 3.34. The van der Waals surface area contributed by atoms with E-state index in [-0.39, 0.29) is 5.82 Å². The van der Waals surface area contributed by atoms with Gasteiger partial charge >= 0.3 is 0 Å². The summed E-state index contributed by atoms with van der Waals surface area (Å²) in [5.41, 5.74) is 1.87. The fourth-order valence-electron chi connectivity index (χ4n) is 2.92. The van der Waals surface area contributed by atoms with Gasteiger partial charge in [0.1, 0.15) is 5.82 Å². The van der Waals surface area contributed by atoms with Crippen LogP contribution in [0.25, 0.3) is 0 Å². The minimum Gasteiger partial charge on any atom is -0.368 e. The monoisotopic (exact) mass is 278 g/mol. The molecule has 1 N–H and O–H groups in total. The quantitative estimate of drug-likeness (QED) is 0.897. The van der Waals surface area contributed by atoms with Gasteiger partial charge in [0.05, 0.1) is 0 Å². The first-order valence-corrected chi connectivity index (χ1v) is 7.76. The van der Waals surface area contributed by atoms with Crippen LogP contribution in [0.2, 0.25) is 0 Å². The molecule has 2 atom stereocenters. The Labute approximate surface area is 122 Å². The number of hydrogen-bond acceptors (Lipinski definition) is 2. The third-order valence-electron chi connectivity index (χ3n) is 4.21. The van der Waals surface area contributed by atoms with Crippen LogP contribution in [0, 0.1) is 11.7 Å². The Morgan fingerprint density at radius 2 is 2.05 bits per heavy atom. The highest BCUT2D eigenvalue weighted by molar-refractivity contribution is 5.55. The largest absolute Gasteiger partial charge is 0.368 e. The first-order chi connectivity index (χ1) is 9.49. The van der Waals surface area contributed by atoms with Crippen molar-refractivity contribution in [3.8, 4) is 0 Å². The van der Waals surface area contributed by atoms with Crippen molar-refractivity contribution in [3.05, 3.63) is 29.6 Å². The molecule has 1 aromatic carbocycles. The maximum Gasteiger partial charge on any atom is 0.129 e. The maximum atomic E-state index is 14.2. The molecule has 1 heterocycles. The minimum absolute atomic E-state index is 0.0962. The van der Waals surface area contributed by atoms with Crippen LogP contribution < -0.4 is 10.2 Å². The van der Waals surface area contributed by atoms with Crippen molar-refractivity contribution in [1.29, 1.82) is 0 Å². The third kappa shape index (κ3) is 3.51. The van der Waals surface area contributed by atoms with Gasteiger partial charge in [0.2, 0.25) is 0 Å². The lowest BCUT2D eigenvalue weighted by molar-refractivity contribution is 0.388. The van der Waals surface area contributed by atoms with Crippen LogP contribution in [0.4, 0.5) is 10.1 Å². The molecule has 2 rings (SSSR count). The van der Waals surface area contributed by atoms with Crippen molar-refractivity contribution in [2.75, 3.05) is 11.4 Å². The normalized spacial score (nSPS) is 23.4. The summed E-state index contributed by atoms with van der Waals surface area (Å²) in [6.07, 6.45) is 2.46. The molecule has 0 aromatic heterocycles. The standard InChI is InChI=1S/C17H27FN2/c1-12(2)19-10-15-16(18)6-5-7-17(15)20-11-13(3)8-9-14(20)4/h5-7,12-14,19H,8-11H2,1-4H3. The summed E-state index contributed by atoms with van der Waals surface area (Å²) < 4.78 is 14.2.